The second kappa shape index (κ2) is 4.90. The molecule has 1 heterocycles. The van der Waals surface area contributed by atoms with Crippen LogP contribution in [0.4, 0.5) is 5.13 Å². The summed E-state index contributed by atoms with van der Waals surface area (Å²) in [5, 5.41) is 6.95. The predicted octanol–water partition coefficient (Wildman–Crippen LogP) is 3.21. The predicted molar refractivity (Wildman–Crippen MR) is 69.2 cm³/mol. The van der Waals surface area contributed by atoms with Gasteiger partial charge in [-0.2, -0.15) is 5.10 Å². The van der Waals surface area contributed by atoms with E-state index in [1.165, 1.54) is 5.56 Å². The smallest absolute Gasteiger partial charge is 0.203 e. The molecule has 0 fully saturated rings. The monoisotopic (exact) mass is 231 g/mol. The van der Waals surface area contributed by atoms with Crippen LogP contribution in [0.2, 0.25) is 0 Å². The van der Waals surface area contributed by atoms with Gasteiger partial charge in [0.15, 0.2) is 0 Å². The van der Waals surface area contributed by atoms with Crippen molar-refractivity contribution in [3.8, 4) is 0 Å². The molecule has 0 unspecified atom stereocenters. The zero-order valence-electron chi connectivity index (χ0n) is 9.27. The molecule has 0 atom stereocenters. The van der Waals surface area contributed by atoms with Gasteiger partial charge in [-0.25, -0.2) is 4.98 Å². The van der Waals surface area contributed by atoms with Crippen LogP contribution in [0.25, 0.3) is 0 Å². The summed E-state index contributed by atoms with van der Waals surface area (Å²) in [5.74, 6) is 0. The largest absolute Gasteiger partial charge is 0.253 e. The second-order valence-electron chi connectivity index (χ2n) is 3.58. The molecule has 1 aromatic heterocycles. The number of hydrogen-bond acceptors (Lipinski definition) is 4. The van der Waals surface area contributed by atoms with E-state index in [0.29, 0.717) is 0 Å². The molecule has 0 aliphatic heterocycles. The lowest BCUT2D eigenvalue weighted by Crippen LogP contribution is -1.90. The number of nitrogens with one attached hydrogen (secondary N) is 1. The molecule has 82 valence electrons. The fourth-order valence-electron chi connectivity index (χ4n) is 1.32. The van der Waals surface area contributed by atoms with Crippen molar-refractivity contribution in [2.24, 2.45) is 5.10 Å². The summed E-state index contributed by atoms with van der Waals surface area (Å²) >= 11 is 1.55. The van der Waals surface area contributed by atoms with E-state index in [0.717, 1.165) is 16.4 Å². The number of rotatable bonds is 3. The van der Waals surface area contributed by atoms with Gasteiger partial charge >= 0.3 is 0 Å². The summed E-state index contributed by atoms with van der Waals surface area (Å²) in [6.45, 7) is 4.03. The number of thiazole rings is 1. The standard InChI is InChI=1S/C12H13N3S/c1-9-4-3-5-11(6-9)7-13-15-12-14-10(2)8-16-12/h3-8H,1-2H3,(H,14,15). The highest BCUT2D eigenvalue weighted by Gasteiger charge is 1.94. The lowest BCUT2D eigenvalue weighted by molar-refractivity contribution is 1.22. The highest BCUT2D eigenvalue weighted by molar-refractivity contribution is 7.13. The molecule has 0 radical (unpaired) electrons. The maximum Gasteiger partial charge on any atom is 0.203 e. The average molecular weight is 231 g/mol. The van der Waals surface area contributed by atoms with E-state index in [-0.39, 0.29) is 0 Å². The summed E-state index contributed by atoms with van der Waals surface area (Å²) in [7, 11) is 0. The molecule has 0 saturated carbocycles. The van der Waals surface area contributed by atoms with Crippen LogP contribution in [0, 0.1) is 13.8 Å². The number of aryl methyl sites for hydroxylation is 2. The molecule has 16 heavy (non-hydrogen) atoms. The van der Waals surface area contributed by atoms with Gasteiger partial charge in [0.25, 0.3) is 0 Å². The van der Waals surface area contributed by atoms with Crippen molar-refractivity contribution >= 4 is 22.7 Å². The van der Waals surface area contributed by atoms with Gasteiger partial charge in [0, 0.05) is 5.38 Å². The molecule has 0 aliphatic rings. The first kappa shape index (κ1) is 10.8. The van der Waals surface area contributed by atoms with Gasteiger partial charge < -0.3 is 0 Å². The van der Waals surface area contributed by atoms with Crippen LogP contribution in [0.1, 0.15) is 16.8 Å². The van der Waals surface area contributed by atoms with E-state index in [1.54, 1.807) is 17.6 Å². The normalized spacial score (nSPS) is 10.9. The third-order valence-corrected chi connectivity index (χ3v) is 2.90. The van der Waals surface area contributed by atoms with E-state index < -0.39 is 0 Å². The summed E-state index contributed by atoms with van der Waals surface area (Å²) in [4.78, 5) is 4.25. The molecular weight excluding hydrogens is 218 g/mol. The first-order valence-electron chi connectivity index (χ1n) is 5.02. The van der Waals surface area contributed by atoms with Crippen molar-refractivity contribution in [1.29, 1.82) is 0 Å². The molecule has 1 aromatic carbocycles. The van der Waals surface area contributed by atoms with Crippen molar-refractivity contribution in [1.82, 2.24) is 4.98 Å². The zero-order chi connectivity index (χ0) is 11.4. The van der Waals surface area contributed by atoms with Gasteiger partial charge in [-0.3, -0.25) is 5.43 Å². The van der Waals surface area contributed by atoms with E-state index in [4.69, 9.17) is 0 Å². The first-order valence-corrected chi connectivity index (χ1v) is 5.90. The van der Waals surface area contributed by atoms with Gasteiger partial charge in [0.05, 0.1) is 11.9 Å². The molecule has 0 aliphatic carbocycles. The van der Waals surface area contributed by atoms with Crippen molar-refractivity contribution in [2.45, 2.75) is 13.8 Å². The van der Waals surface area contributed by atoms with Crippen molar-refractivity contribution in [3.63, 3.8) is 0 Å². The fraction of sp³-hybridized carbons (Fsp3) is 0.167. The van der Waals surface area contributed by atoms with Crippen LogP contribution in [0.15, 0.2) is 34.7 Å². The van der Waals surface area contributed by atoms with Gasteiger partial charge in [-0.1, -0.05) is 29.8 Å². The maximum absolute atomic E-state index is 4.25. The molecule has 1 N–H and O–H groups in total. The number of anilines is 1. The summed E-state index contributed by atoms with van der Waals surface area (Å²) in [6.07, 6.45) is 1.80. The first-order chi connectivity index (χ1) is 7.74. The molecule has 0 saturated heterocycles. The van der Waals surface area contributed by atoms with Gasteiger partial charge in [-0.05, 0) is 19.4 Å². The van der Waals surface area contributed by atoms with Crippen LogP contribution < -0.4 is 5.43 Å². The Hall–Kier alpha value is -1.68. The third-order valence-electron chi connectivity index (χ3n) is 2.03. The van der Waals surface area contributed by atoms with E-state index in [2.05, 4.69) is 34.6 Å². The second-order valence-corrected chi connectivity index (χ2v) is 4.44. The zero-order valence-corrected chi connectivity index (χ0v) is 10.1. The Kier molecular flexibility index (Phi) is 3.31. The number of nitrogens with zero attached hydrogens (tertiary/aromatic N) is 2. The Morgan fingerprint density at radius 2 is 2.25 bits per heavy atom. The molecule has 0 spiro atoms. The van der Waals surface area contributed by atoms with Gasteiger partial charge in [0.2, 0.25) is 5.13 Å². The van der Waals surface area contributed by atoms with Gasteiger partial charge in [0.1, 0.15) is 0 Å². The maximum atomic E-state index is 4.25. The van der Waals surface area contributed by atoms with Crippen LogP contribution in [-0.2, 0) is 0 Å². The quantitative estimate of drug-likeness (QED) is 0.650. The summed E-state index contributed by atoms with van der Waals surface area (Å²) < 4.78 is 0. The van der Waals surface area contributed by atoms with E-state index in [9.17, 15) is 0 Å². The Balaban J connectivity index is 2.00. The van der Waals surface area contributed by atoms with Crippen molar-refractivity contribution in [2.75, 3.05) is 5.43 Å². The molecule has 2 aromatic rings. The molecule has 2 rings (SSSR count). The topological polar surface area (TPSA) is 37.3 Å². The minimum Gasteiger partial charge on any atom is -0.253 e. The average Bonchev–Trinajstić information content (AvgIpc) is 2.64. The van der Waals surface area contributed by atoms with Gasteiger partial charge in [-0.15, -0.1) is 11.3 Å². The number of hydrazone groups is 1. The Bertz CT molecular complexity index is 502. The number of aromatic nitrogens is 1. The van der Waals surface area contributed by atoms with E-state index in [1.807, 2.05) is 24.4 Å². The van der Waals surface area contributed by atoms with Crippen LogP contribution in [0.5, 0.6) is 0 Å². The van der Waals surface area contributed by atoms with E-state index >= 15 is 0 Å². The minimum absolute atomic E-state index is 0.821. The summed E-state index contributed by atoms with van der Waals surface area (Å²) in [5.41, 5.74) is 6.24. The van der Waals surface area contributed by atoms with Crippen molar-refractivity contribution < 1.29 is 0 Å². The number of hydrogen-bond donors (Lipinski definition) is 1. The molecular formula is C12H13N3S. The highest BCUT2D eigenvalue weighted by Crippen LogP contribution is 2.13. The molecule has 0 bridgehead atoms. The molecule has 4 heteroatoms. The SMILES string of the molecule is Cc1cccc(C=NNc2nc(C)cs2)c1. The Morgan fingerprint density at radius 1 is 1.38 bits per heavy atom. The third kappa shape index (κ3) is 2.90. The van der Waals surface area contributed by atoms with Crippen LogP contribution in [0.3, 0.4) is 0 Å². The highest BCUT2D eigenvalue weighted by atomic mass is 32.1. The molecule has 3 nitrogen and oxygen atoms in total. The minimum atomic E-state index is 0.821. The summed E-state index contributed by atoms with van der Waals surface area (Å²) in [6, 6.07) is 8.18. The lowest BCUT2D eigenvalue weighted by Gasteiger charge is -1.95. The lowest BCUT2D eigenvalue weighted by atomic mass is 10.2. The number of benzene rings is 1. The Labute approximate surface area is 98.9 Å². The van der Waals surface area contributed by atoms with Crippen molar-refractivity contribution in [3.05, 3.63) is 46.5 Å². The van der Waals surface area contributed by atoms with Crippen LogP contribution >= 0.6 is 11.3 Å². The Morgan fingerprint density at radius 3 is 2.94 bits per heavy atom. The van der Waals surface area contributed by atoms with Crippen LogP contribution in [-0.4, -0.2) is 11.2 Å². The fourth-order valence-corrected chi connectivity index (χ4v) is 1.95. The molecule has 0 amide bonds.